The molecule has 0 radical (unpaired) electrons. The first-order valence-corrected chi connectivity index (χ1v) is 8.37. The molecule has 0 aliphatic rings. The number of aromatic nitrogens is 3. The molecule has 0 fully saturated rings. The van der Waals surface area contributed by atoms with Crippen molar-refractivity contribution in [3.63, 3.8) is 0 Å². The van der Waals surface area contributed by atoms with E-state index in [9.17, 15) is 8.42 Å². The lowest BCUT2D eigenvalue weighted by molar-refractivity contribution is 0.581. The number of aryl methyl sites for hydroxylation is 1. The fourth-order valence-electron chi connectivity index (χ4n) is 2.23. The summed E-state index contributed by atoms with van der Waals surface area (Å²) in [6.45, 7) is 2.29. The number of sulfonamides is 1. The van der Waals surface area contributed by atoms with Gasteiger partial charge in [-0.15, -0.1) is 0 Å². The molecule has 7 heteroatoms. The van der Waals surface area contributed by atoms with Gasteiger partial charge < -0.3 is 4.40 Å². The molecule has 1 N–H and O–H groups in total. The molecule has 22 heavy (non-hydrogen) atoms. The number of hydrogen-bond donors (Lipinski definition) is 1. The first kappa shape index (κ1) is 14.7. The number of rotatable bonds is 5. The van der Waals surface area contributed by atoms with Gasteiger partial charge in [-0.1, -0.05) is 6.07 Å². The Hall–Kier alpha value is -2.25. The van der Waals surface area contributed by atoms with Crippen molar-refractivity contribution in [3.8, 4) is 0 Å². The zero-order valence-electron chi connectivity index (χ0n) is 12.1. The summed E-state index contributed by atoms with van der Waals surface area (Å²) in [5.74, 6) is 0. The zero-order valence-corrected chi connectivity index (χ0v) is 12.9. The SMILES string of the molecule is Cc1cccn2cc(CCNS(=O)(=O)c3cccnc3)nc12. The Kier molecular flexibility index (Phi) is 3.91. The summed E-state index contributed by atoms with van der Waals surface area (Å²) in [6, 6.07) is 7.07. The third-order valence-electron chi connectivity index (χ3n) is 3.35. The molecule has 0 saturated carbocycles. The third-order valence-corrected chi connectivity index (χ3v) is 4.79. The molecule has 114 valence electrons. The van der Waals surface area contributed by atoms with Crippen LogP contribution < -0.4 is 4.72 Å². The van der Waals surface area contributed by atoms with E-state index in [4.69, 9.17) is 0 Å². The molecule has 3 aromatic rings. The van der Waals surface area contributed by atoms with Crippen molar-refractivity contribution in [1.82, 2.24) is 19.1 Å². The van der Waals surface area contributed by atoms with Gasteiger partial charge in [0.25, 0.3) is 0 Å². The van der Waals surface area contributed by atoms with E-state index in [1.165, 1.54) is 18.5 Å². The van der Waals surface area contributed by atoms with E-state index in [0.717, 1.165) is 16.9 Å². The van der Waals surface area contributed by atoms with Crippen LogP contribution in [0.1, 0.15) is 11.3 Å². The molecule has 3 heterocycles. The van der Waals surface area contributed by atoms with Crippen LogP contribution in [0.15, 0.2) is 53.9 Å². The van der Waals surface area contributed by atoms with Gasteiger partial charge in [0.2, 0.25) is 10.0 Å². The average molecular weight is 316 g/mol. The highest BCUT2D eigenvalue weighted by molar-refractivity contribution is 7.89. The van der Waals surface area contributed by atoms with Crippen molar-refractivity contribution >= 4 is 15.7 Å². The van der Waals surface area contributed by atoms with Crippen LogP contribution in [0.3, 0.4) is 0 Å². The summed E-state index contributed by atoms with van der Waals surface area (Å²) in [6.07, 6.45) is 7.24. The van der Waals surface area contributed by atoms with Crippen molar-refractivity contribution in [1.29, 1.82) is 0 Å². The molecule has 0 aliphatic carbocycles. The molecule has 0 unspecified atom stereocenters. The Morgan fingerprint density at radius 1 is 1.27 bits per heavy atom. The van der Waals surface area contributed by atoms with Crippen LogP contribution in [-0.2, 0) is 16.4 Å². The minimum atomic E-state index is -3.52. The van der Waals surface area contributed by atoms with Gasteiger partial charge in [-0.25, -0.2) is 18.1 Å². The van der Waals surface area contributed by atoms with Crippen LogP contribution >= 0.6 is 0 Å². The molecule has 6 nitrogen and oxygen atoms in total. The van der Waals surface area contributed by atoms with Gasteiger partial charge in [0.15, 0.2) is 0 Å². The molecule has 3 aromatic heterocycles. The van der Waals surface area contributed by atoms with Gasteiger partial charge in [-0.3, -0.25) is 4.98 Å². The predicted octanol–water partition coefficient (Wildman–Crippen LogP) is 1.56. The van der Waals surface area contributed by atoms with Crippen LogP contribution in [0, 0.1) is 6.92 Å². The lowest BCUT2D eigenvalue weighted by Gasteiger charge is -2.04. The highest BCUT2D eigenvalue weighted by atomic mass is 32.2. The summed E-state index contributed by atoms with van der Waals surface area (Å²) in [5.41, 5.74) is 2.83. The molecule has 0 spiro atoms. The van der Waals surface area contributed by atoms with E-state index in [0.29, 0.717) is 13.0 Å². The number of imidazole rings is 1. The quantitative estimate of drug-likeness (QED) is 0.775. The normalized spacial score (nSPS) is 11.9. The first-order chi connectivity index (χ1) is 10.6. The van der Waals surface area contributed by atoms with Crippen molar-refractivity contribution in [2.75, 3.05) is 6.54 Å². The summed E-state index contributed by atoms with van der Waals surface area (Å²) in [7, 11) is -3.52. The maximum absolute atomic E-state index is 12.1. The van der Waals surface area contributed by atoms with E-state index in [1.54, 1.807) is 6.07 Å². The van der Waals surface area contributed by atoms with Gasteiger partial charge in [-0.2, -0.15) is 0 Å². The smallest absolute Gasteiger partial charge is 0.242 e. The second-order valence-corrected chi connectivity index (χ2v) is 6.76. The molecule has 0 aliphatic heterocycles. The van der Waals surface area contributed by atoms with Gasteiger partial charge in [0.05, 0.1) is 5.69 Å². The minimum absolute atomic E-state index is 0.167. The second kappa shape index (κ2) is 5.86. The summed E-state index contributed by atoms with van der Waals surface area (Å²) in [4.78, 5) is 8.51. The topological polar surface area (TPSA) is 76.4 Å². The molecule has 0 aromatic carbocycles. The maximum atomic E-state index is 12.1. The average Bonchev–Trinajstić information content (AvgIpc) is 2.92. The van der Waals surface area contributed by atoms with Crippen molar-refractivity contribution in [3.05, 3.63) is 60.3 Å². The number of hydrogen-bond acceptors (Lipinski definition) is 4. The van der Waals surface area contributed by atoms with Gasteiger partial charge in [0.1, 0.15) is 10.5 Å². The fourth-order valence-corrected chi connectivity index (χ4v) is 3.22. The molecule has 0 saturated heterocycles. The third kappa shape index (κ3) is 3.00. The lowest BCUT2D eigenvalue weighted by Crippen LogP contribution is -2.26. The molecule has 3 rings (SSSR count). The summed E-state index contributed by atoms with van der Waals surface area (Å²) in [5, 5.41) is 0. The first-order valence-electron chi connectivity index (χ1n) is 6.89. The molecule has 0 bridgehead atoms. The highest BCUT2D eigenvalue weighted by Gasteiger charge is 2.13. The van der Waals surface area contributed by atoms with Gasteiger partial charge in [-0.05, 0) is 30.7 Å². The van der Waals surface area contributed by atoms with E-state index in [1.807, 2.05) is 35.9 Å². The lowest BCUT2D eigenvalue weighted by atomic mass is 10.3. The second-order valence-electron chi connectivity index (χ2n) is 4.99. The Balaban J connectivity index is 1.69. The number of nitrogens with one attached hydrogen (secondary N) is 1. The van der Waals surface area contributed by atoms with Crippen LogP contribution in [0.4, 0.5) is 0 Å². The Morgan fingerprint density at radius 2 is 2.14 bits per heavy atom. The largest absolute Gasteiger partial charge is 0.307 e. The summed E-state index contributed by atoms with van der Waals surface area (Å²) >= 11 is 0. The maximum Gasteiger partial charge on any atom is 0.242 e. The monoisotopic (exact) mass is 316 g/mol. The Morgan fingerprint density at radius 3 is 2.86 bits per heavy atom. The van der Waals surface area contributed by atoms with Gasteiger partial charge >= 0.3 is 0 Å². The number of nitrogens with zero attached hydrogens (tertiary/aromatic N) is 3. The van der Waals surface area contributed by atoms with Crippen LogP contribution in [0.25, 0.3) is 5.65 Å². The van der Waals surface area contributed by atoms with Crippen LogP contribution in [0.5, 0.6) is 0 Å². The molecule has 0 amide bonds. The van der Waals surface area contributed by atoms with Crippen LogP contribution in [0.2, 0.25) is 0 Å². The Bertz CT molecular complexity index is 888. The van der Waals surface area contributed by atoms with E-state index in [2.05, 4.69) is 14.7 Å². The molecular formula is C15H16N4O2S. The Labute approximate surface area is 128 Å². The fraction of sp³-hybridized carbons (Fsp3) is 0.200. The van der Waals surface area contributed by atoms with Crippen LogP contribution in [-0.4, -0.2) is 29.3 Å². The molecular weight excluding hydrogens is 300 g/mol. The van der Waals surface area contributed by atoms with Crippen molar-refractivity contribution in [2.24, 2.45) is 0 Å². The predicted molar refractivity (Wildman–Crippen MR) is 83.1 cm³/mol. The van der Waals surface area contributed by atoms with E-state index < -0.39 is 10.0 Å². The van der Waals surface area contributed by atoms with Crippen molar-refractivity contribution < 1.29 is 8.42 Å². The van der Waals surface area contributed by atoms with Crippen molar-refractivity contribution in [2.45, 2.75) is 18.2 Å². The number of fused-ring (bicyclic) bond motifs is 1. The zero-order chi connectivity index (χ0) is 15.6. The minimum Gasteiger partial charge on any atom is -0.307 e. The standard InChI is InChI=1S/C15H16N4O2S/c1-12-4-3-9-19-11-13(18-15(12)19)6-8-17-22(20,21)14-5-2-7-16-10-14/h2-5,7,9-11,17H,6,8H2,1H3. The van der Waals surface area contributed by atoms with E-state index in [-0.39, 0.29) is 4.90 Å². The van der Waals surface area contributed by atoms with E-state index >= 15 is 0 Å². The number of pyridine rings is 2. The van der Waals surface area contributed by atoms with Gasteiger partial charge in [0, 0.05) is 37.8 Å². The highest BCUT2D eigenvalue weighted by Crippen LogP contribution is 2.10. The summed E-state index contributed by atoms with van der Waals surface area (Å²) < 4.78 is 28.7. The molecule has 0 atom stereocenters.